The van der Waals surface area contributed by atoms with Crippen molar-refractivity contribution in [3.8, 4) is 0 Å². The molecular weight excluding hydrogens is 294 g/mol. The van der Waals surface area contributed by atoms with E-state index in [1.54, 1.807) is 23.1 Å². The number of fused-ring (bicyclic) bond motifs is 1. The molecule has 23 heavy (non-hydrogen) atoms. The van der Waals surface area contributed by atoms with Crippen molar-refractivity contribution in [2.45, 2.75) is 39.7 Å². The molecule has 0 aromatic heterocycles. The second-order valence-electron chi connectivity index (χ2n) is 6.75. The maximum absolute atomic E-state index is 12.2. The highest BCUT2D eigenvalue weighted by atomic mass is 16.2. The van der Waals surface area contributed by atoms with Gasteiger partial charge >= 0.3 is 0 Å². The summed E-state index contributed by atoms with van der Waals surface area (Å²) < 4.78 is 0. The maximum atomic E-state index is 12.2. The Hall–Kier alpha value is -2.37. The Labute approximate surface area is 136 Å². The standard InChI is InChI=1S/C17H23N3O3/c1-11(21)20-8-7-12-9-13(5-6-14(12)20)16(23)18-10-15(22)19-17(2,3)4/h5-6,9H,7-8,10H2,1-4H3,(H,18,23)(H,19,22). The zero-order chi connectivity index (χ0) is 17.2. The molecule has 0 fully saturated rings. The zero-order valence-corrected chi connectivity index (χ0v) is 14.0. The fourth-order valence-electron chi connectivity index (χ4n) is 2.60. The molecule has 2 rings (SSSR count). The minimum atomic E-state index is -0.328. The van der Waals surface area contributed by atoms with Crippen molar-refractivity contribution in [1.82, 2.24) is 10.6 Å². The summed E-state index contributed by atoms with van der Waals surface area (Å²) in [4.78, 5) is 37.1. The highest BCUT2D eigenvalue weighted by Crippen LogP contribution is 2.28. The predicted molar refractivity (Wildman–Crippen MR) is 88.4 cm³/mol. The van der Waals surface area contributed by atoms with Crippen LogP contribution in [-0.2, 0) is 16.0 Å². The number of rotatable bonds is 3. The van der Waals surface area contributed by atoms with Gasteiger partial charge in [0.25, 0.3) is 5.91 Å². The topological polar surface area (TPSA) is 78.5 Å². The van der Waals surface area contributed by atoms with E-state index in [1.165, 1.54) is 6.92 Å². The van der Waals surface area contributed by atoms with E-state index in [-0.39, 0.29) is 29.8 Å². The molecule has 124 valence electrons. The minimum Gasteiger partial charge on any atom is -0.350 e. The van der Waals surface area contributed by atoms with Crippen LogP contribution >= 0.6 is 0 Å². The third kappa shape index (κ3) is 4.31. The molecule has 2 N–H and O–H groups in total. The second kappa shape index (κ2) is 6.40. The number of anilines is 1. The number of nitrogens with one attached hydrogen (secondary N) is 2. The lowest BCUT2D eigenvalue weighted by atomic mass is 10.1. The summed E-state index contributed by atoms with van der Waals surface area (Å²) in [6, 6.07) is 5.25. The van der Waals surface area contributed by atoms with Crippen molar-refractivity contribution in [1.29, 1.82) is 0 Å². The molecule has 0 saturated heterocycles. The third-order valence-corrected chi connectivity index (χ3v) is 3.54. The SMILES string of the molecule is CC(=O)N1CCc2cc(C(=O)NCC(=O)NC(C)(C)C)ccc21. The molecule has 0 bridgehead atoms. The Morgan fingerprint density at radius 3 is 2.52 bits per heavy atom. The molecule has 1 heterocycles. The van der Waals surface area contributed by atoms with Crippen molar-refractivity contribution < 1.29 is 14.4 Å². The Morgan fingerprint density at radius 1 is 1.22 bits per heavy atom. The Morgan fingerprint density at radius 2 is 1.91 bits per heavy atom. The average Bonchev–Trinajstić information content (AvgIpc) is 2.85. The van der Waals surface area contributed by atoms with Gasteiger partial charge in [-0.25, -0.2) is 0 Å². The van der Waals surface area contributed by atoms with Gasteiger partial charge < -0.3 is 15.5 Å². The summed E-state index contributed by atoms with van der Waals surface area (Å²) >= 11 is 0. The number of carbonyl (C=O) groups excluding carboxylic acids is 3. The van der Waals surface area contributed by atoms with Crippen LogP contribution in [0, 0.1) is 0 Å². The molecule has 0 aliphatic carbocycles. The van der Waals surface area contributed by atoms with Crippen molar-refractivity contribution in [2.75, 3.05) is 18.0 Å². The van der Waals surface area contributed by atoms with Gasteiger partial charge in [-0.2, -0.15) is 0 Å². The van der Waals surface area contributed by atoms with Crippen LogP contribution in [0.3, 0.4) is 0 Å². The molecule has 0 radical (unpaired) electrons. The van der Waals surface area contributed by atoms with E-state index in [2.05, 4.69) is 10.6 Å². The molecule has 1 aliphatic rings. The maximum Gasteiger partial charge on any atom is 0.251 e. The summed E-state index contributed by atoms with van der Waals surface area (Å²) in [5.41, 5.74) is 2.01. The Bertz CT molecular complexity index is 647. The second-order valence-corrected chi connectivity index (χ2v) is 6.75. The summed E-state index contributed by atoms with van der Waals surface area (Å²) in [6.07, 6.45) is 0.737. The van der Waals surface area contributed by atoms with Gasteiger partial charge in [0.05, 0.1) is 6.54 Å². The first-order valence-electron chi connectivity index (χ1n) is 7.67. The lowest BCUT2D eigenvalue weighted by Crippen LogP contribution is -2.45. The Balaban J connectivity index is 1.99. The molecule has 6 heteroatoms. The molecular formula is C17H23N3O3. The normalized spacial score (nSPS) is 13.5. The smallest absolute Gasteiger partial charge is 0.251 e. The van der Waals surface area contributed by atoms with E-state index in [1.807, 2.05) is 20.8 Å². The van der Waals surface area contributed by atoms with Crippen LogP contribution in [0.25, 0.3) is 0 Å². The van der Waals surface area contributed by atoms with E-state index in [0.29, 0.717) is 12.1 Å². The quantitative estimate of drug-likeness (QED) is 0.880. The van der Waals surface area contributed by atoms with Gasteiger partial charge in [-0.3, -0.25) is 14.4 Å². The molecule has 1 aromatic carbocycles. The molecule has 1 aliphatic heterocycles. The van der Waals surface area contributed by atoms with E-state index < -0.39 is 0 Å². The molecule has 0 atom stereocenters. The largest absolute Gasteiger partial charge is 0.350 e. The number of hydrogen-bond donors (Lipinski definition) is 2. The van der Waals surface area contributed by atoms with Gasteiger partial charge in [-0.15, -0.1) is 0 Å². The van der Waals surface area contributed by atoms with Crippen molar-refractivity contribution in [3.05, 3.63) is 29.3 Å². The number of benzene rings is 1. The van der Waals surface area contributed by atoms with Gasteiger partial charge in [0.15, 0.2) is 0 Å². The number of nitrogens with zero attached hydrogens (tertiary/aromatic N) is 1. The van der Waals surface area contributed by atoms with Gasteiger partial charge in [0.1, 0.15) is 0 Å². The summed E-state index contributed by atoms with van der Waals surface area (Å²) in [5.74, 6) is -0.521. The fraction of sp³-hybridized carbons (Fsp3) is 0.471. The fourth-order valence-corrected chi connectivity index (χ4v) is 2.60. The van der Waals surface area contributed by atoms with Crippen molar-refractivity contribution >= 4 is 23.4 Å². The number of carbonyl (C=O) groups is 3. The first-order valence-corrected chi connectivity index (χ1v) is 7.67. The highest BCUT2D eigenvalue weighted by molar-refractivity contribution is 5.99. The summed E-state index contributed by atoms with van der Waals surface area (Å²) in [7, 11) is 0. The molecule has 1 aromatic rings. The van der Waals surface area contributed by atoms with E-state index in [0.717, 1.165) is 17.7 Å². The van der Waals surface area contributed by atoms with Gasteiger partial charge in [0.2, 0.25) is 11.8 Å². The van der Waals surface area contributed by atoms with Gasteiger partial charge in [-0.05, 0) is 51.0 Å². The Kier molecular flexibility index (Phi) is 4.73. The lowest BCUT2D eigenvalue weighted by Gasteiger charge is -2.20. The van der Waals surface area contributed by atoms with Crippen LogP contribution in [0.15, 0.2) is 18.2 Å². The van der Waals surface area contributed by atoms with Crippen LogP contribution in [0.2, 0.25) is 0 Å². The first kappa shape index (κ1) is 17.0. The van der Waals surface area contributed by atoms with E-state index >= 15 is 0 Å². The monoisotopic (exact) mass is 317 g/mol. The number of amides is 3. The molecule has 0 spiro atoms. The molecule has 0 unspecified atom stereocenters. The van der Waals surface area contributed by atoms with Crippen molar-refractivity contribution in [3.63, 3.8) is 0 Å². The van der Waals surface area contributed by atoms with Crippen LogP contribution in [-0.4, -0.2) is 36.3 Å². The molecule has 0 saturated carbocycles. The third-order valence-electron chi connectivity index (χ3n) is 3.54. The zero-order valence-electron chi connectivity index (χ0n) is 14.0. The van der Waals surface area contributed by atoms with E-state index in [9.17, 15) is 14.4 Å². The molecule has 6 nitrogen and oxygen atoms in total. The van der Waals surface area contributed by atoms with Crippen molar-refractivity contribution in [2.24, 2.45) is 0 Å². The lowest BCUT2D eigenvalue weighted by molar-refractivity contribution is -0.121. The average molecular weight is 317 g/mol. The van der Waals surface area contributed by atoms with Crippen LogP contribution in [0.5, 0.6) is 0 Å². The van der Waals surface area contributed by atoms with Crippen LogP contribution in [0.1, 0.15) is 43.6 Å². The minimum absolute atomic E-state index is 0.000183. The summed E-state index contributed by atoms with van der Waals surface area (Å²) in [6.45, 7) is 7.76. The van der Waals surface area contributed by atoms with Crippen LogP contribution < -0.4 is 15.5 Å². The van der Waals surface area contributed by atoms with Gasteiger partial charge in [0, 0.05) is 30.3 Å². The first-order chi connectivity index (χ1) is 10.7. The summed E-state index contributed by atoms with van der Waals surface area (Å²) in [5, 5.41) is 5.40. The van der Waals surface area contributed by atoms with E-state index in [4.69, 9.17) is 0 Å². The highest BCUT2D eigenvalue weighted by Gasteiger charge is 2.23. The van der Waals surface area contributed by atoms with Gasteiger partial charge in [-0.1, -0.05) is 0 Å². The molecule has 3 amide bonds. The predicted octanol–water partition coefficient (Wildman–Crippen LogP) is 1.24. The number of hydrogen-bond acceptors (Lipinski definition) is 3. The van der Waals surface area contributed by atoms with Crippen LogP contribution in [0.4, 0.5) is 5.69 Å².